The molecule has 0 saturated heterocycles. The number of phenolic OH excluding ortho intramolecular Hbond substituents is 1. The van der Waals surface area contributed by atoms with E-state index < -0.39 is 0 Å². The second-order valence-corrected chi connectivity index (χ2v) is 3.26. The zero-order valence-corrected chi connectivity index (χ0v) is 8.25. The fourth-order valence-electron chi connectivity index (χ4n) is 1.52. The molecule has 1 aromatic rings. The van der Waals surface area contributed by atoms with Crippen LogP contribution >= 0.6 is 0 Å². The lowest BCUT2D eigenvalue weighted by Crippen LogP contribution is -2.16. The largest absolute Gasteiger partial charge is 0.508 e. The van der Waals surface area contributed by atoms with Crippen LogP contribution in [-0.4, -0.2) is 18.7 Å². The lowest BCUT2D eigenvalue weighted by molar-refractivity contribution is 0.473. The van der Waals surface area contributed by atoms with Gasteiger partial charge in [0.15, 0.2) is 0 Å². The van der Waals surface area contributed by atoms with Crippen LogP contribution in [0.2, 0.25) is 0 Å². The molecule has 0 aliphatic heterocycles. The third kappa shape index (κ3) is 2.74. The van der Waals surface area contributed by atoms with Crippen molar-refractivity contribution in [2.75, 3.05) is 13.6 Å². The number of rotatable bonds is 4. The summed E-state index contributed by atoms with van der Waals surface area (Å²) < 4.78 is 0. The van der Waals surface area contributed by atoms with Gasteiger partial charge in [0.25, 0.3) is 0 Å². The van der Waals surface area contributed by atoms with Gasteiger partial charge in [-0.25, -0.2) is 0 Å². The van der Waals surface area contributed by atoms with E-state index >= 15 is 0 Å². The first-order valence-corrected chi connectivity index (χ1v) is 4.71. The van der Waals surface area contributed by atoms with Crippen molar-refractivity contribution < 1.29 is 5.11 Å². The summed E-state index contributed by atoms with van der Waals surface area (Å²) in [5, 5.41) is 12.5. The highest BCUT2D eigenvalue weighted by molar-refractivity contribution is 5.29. The quantitative estimate of drug-likeness (QED) is 0.742. The molecule has 2 heteroatoms. The highest BCUT2D eigenvalue weighted by Gasteiger charge is 2.07. The van der Waals surface area contributed by atoms with Gasteiger partial charge in [-0.15, -0.1) is 0 Å². The molecule has 0 spiro atoms. The number of hydrogen-bond acceptors (Lipinski definition) is 2. The molecule has 0 heterocycles. The van der Waals surface area contributed by atoms with Gasteiger partial charge in [-0.2, -0.15) is 0 Å². The molecule has 72 valence electrons. The Labute approximate surface area is 79.6 Å². The van der Waals surface area contributed by atoms with Crippen molar-refractivity contribution in [1.29, 1.82) is 0 Å². The third-order valence-corrected chi connectivity index (χ3v) is 2.28. The first-order valence-electron chi connectivity index (χ1n) is 4.71. The van der Waals surface area contributed by atoms with Crippen molar-refractivity contribution in [3.05, 3.63) is 29.8 Å². The van der Waals surface area contributed by atoms with Crippen LogP contribution in [0.3, 0.4) is 0 Å². The van der Waals surface area contributed by atoms with E-state index in [1.165, 1.54) is 5.56 Å². The predicted octanol–water partition coefficient (Wildman–Crippen LogP) is 2.11. The molecule has 0 aliphatic carbocycles. The first-order chi connectivity index (χ1) is 6.27. The van der Waals surface area contributed by atoms with E-state index in [9.17, 15) is 5.11 Å². The highest BCUT2D eigenvalue weighted by atomic mass is 16.3. The molecule has 0 bridgehead atoms. The van der Waals surface area contributed by atoms with E-state index in [2.05, 4.69) is 18.3 Å². The Balaban J connectivity index is 2.78. The molecule has 2 N–H and O–H groups in total. The predicted molar refractivity (Wildman–Crippen MR) is 55.1 cm³/mol. The maximum absolute atomic E-state index is 9.31. The van der Waals surface area contributed by atoms with Crippen molar-refractivity contribution in [2.24, 2.45) is 0 Å². The first kappa shape index (κ1) is 10.1. The summed E-state index contributed by atoms with van der Waals surface area (Å²) in [6, 6.07) is 7.50. The number of aromatic hydroxyl groups is 1. The van der Waals surface area contributed by atoms with Gasteiger partial charge in [-0.3, -0.25) is 0 Å². The Bertz CT molecular complexity index is 260. The van der Waals surface area contributed by atoms with Crippen LogP contribution in [-0.2, 0) is 0 Å². The second kappa shape index (κ2) is 4.87. The summed E-state index contributed by atoms with van der Waals surface area (Å²) >= 11 is 0. The van der Waals surface area contributed by atoms with Crippen molar-refractivity contribution in [1.82, 2.24) is 5.32 Å². The molecular weight excluding hydrogens is 162 g/mol. The van der Waals surface area contributed by atoms with Crippen LogP contribution in [0.4, 0.5) is 0 Å². The molecule has 1 atom stereocenters. The number of likely N-dealkylation sites (N-methyl/N-ethyl adjacent to an activating group) is 1. The Morgan fingerprint density at radius 1 is 1.46 bits per heavy atom. The summed E-state index contributed by atoms with van der Waals surface area (Å²) in [5.74, 6) is 0.851. The number of benzene rings is 1. The molecular formula is C11H17NO. The van der Waals surface area contributed by atoms with E-state index in [-0.39, 0.29) is 0 Å². The van der Waals surface area contributed by atoms with Gasteiger partial charge >= 0.3 is 0 Å². The summed E-state index contributed by atoms with van der Waals surface area (Å²) in [6.45, 7) is 3.12. The lowest BCUT2D eigenvalue weighted by atomic mass is 9.96. The van der Waals surface area contributed by atoms with Crippen LogP contribution in [0.5, 0.6) is 5.75 Å². The maximum atomic E-state index is 9.31. The van der Waals surface area contributed by atoms with Gasteiger partial charge in [-0.05, 0) is 37.1 Å². The molecule has 0 saturated carbocycles. The molecule has 2 nitrogen and oxygen atoms in total. The minimum atomic E-state index is 0.354. The van der Waals surface area contributed by atoms with E-state index in [0.29, 0.717) is 11.7 Å². The van der Waals surface area contributed by atoms with Crippen molar-refractivity contribution in [2.45, 2.75) is 19.3 Å². The zero-order chi connectivity index (χ0) is 9.68. The Morgan fingerprint density at radius 3 is 2.77 bits per heavy atom. The lowest BCUT2D eigenvalue weighted by Gasteiger charge is -2.14. The fraction of sp³-hybridized carbons (Fsp3) is 0.455. The minimum absolute atomic E-state index is 0.354. The Morgan fingerprint density at radius 2 is 2.23 bits per heavy atom. The standard InChI is InChI=1S/C11H17NO/c1-3-9(8-12-2)10-5-4-6-11(13)7-10/h4-7,9,12-13H,3,8H2,1-2H3. The summed E-state index contributed by atoms with van der Waals surface area (Å²) in [5.41, 5.74) is 1.21. The SMILES string of the molecule is CCC(CNC)c1cccc(O)c1. The van der Waals surface area contributed by atoms with Crippen LogP contribution in [0.25, 0.3) is 0 Å². The minimum Gasteiger partial charge on any atom is -0.508 e. The Kier molecular flexibility index (Phi) is 3.77. The molecule has 0 fully saturated rings. The normalized spacial score (nSPS) is 12.8. The average Bonchev–Trinajstić information content (AvgIpc) is 2.14. The summed E-state index contributed by atoms with van der Waals surface area (Å²) in [6.07, 6.45) is 1.09. The monoisotopic (exact) mass is 179 g/mol. The molecule has 0 aromatic heterocycles. The van der Waals surface area contributed by atoms with E-state index in [1.807, 2.05) is 19.2 Å². The van der Waals surface area contributed by atoms with Gasteiger partial charge in [-0.1, -0.05) is 19.1 Å². The van der Waals surface area contributed by atoms with Gasteiger partial charge in [0, 0.05) is 6.54 Å². The molecule has 0 radical (unpaired) electrons. The summed E-state index contributed by atoms with van der Waals surface area (Å²) in [7, 11) is 1.95. The van der Waals surface area contributed by atoms with Crippen LogP contribution < -0.4 is 5.32 Å². The van der Waals surface area contributed by atoms with Gasteiger partial charge < -0.3 is 10.4 Å². The van der Waals surface area contributed by atoms with Crippen molar-refractivity contribution in [3.8, 4) is 5.75 Å². The van der Waals surface area contributed by atoms with E-state index in [0.717, 1.165) is 13.0 Å². The average molecular weight is 179 g/mol. The Hall–Kier alpha value is -1.02. The van der Waals surface area contributed by atoms with Gasteiger partial charge in [0.1, 0.15) is 5.75 Å². The molecule has 0 amide bonds. The fourth-order valence-corrected chi connectivity index (χ4v) is 1.52. The van der Waals surface area contributed by atoms with E-state index in [4.69, 9.17) is 0 Å². The van der Waals surface area contributed by atoms with Crippen LogP contribution in [0.1, 0.15) is 24.8 Å². The number of hydrogen-bond donors (Lipinski definition) is 2. The second-order valence-electron chi connectivity index (χ2n) is 3.26. The van der Waals surface area contributed by atoms with Gasteiger partial charge in [0.05, 0.1) is 0 Å². The number of phenols is 1. The summed E-state index contributed by atoms with van der Waals surface area (Å²) in [4.78, 5) is 0. The third-order valence-electron chi connectivity index (χ3n) is 2.28. The van der Waals surface area contributed by atoms with Gasteiger partial charge in [0.2, 0.25) is 0 Å². The maximum Gasteiger partial charge on any atom is 0.115 e. The van der Waals surface area contributed by atoms with Crippen molar-refractivity contribution >= 4 is 0 Å². The highest BCUT2D eigenvalue weighted by Crippen LogP contribution is 2.21. The van der Waals surface area contributed by atoms with E-state index in [1.54, 1.807) is 6.07 Å². The molecule has 13 heavy (non-hydrogen) atoms. The van der Waals surface area contributed by atoms with Crippen LogP contribution in [0, 0.1) is 0 Å². The van der Waals surface area contributed by atoms with Crippen LogP contribution in [0.15, 0.2) is 24.3 Å². The molecule has 1 aromatic carbocycles. The van der Waals surface area contributed by atoms with Crippen molar-refractivity contribution in [3.63, 3.8) is 0 Å². The number of nitrogens with one attached hydrogen (secondary N) is 1. The topological polar surface area (TPSA) is 32.3 Å². The molecule has 1 rings (SSSR count). The zero-order valence-electron chi connectivity index (χ0n) is 8.25. The smallest absolute Gasteiger partial charge is 0.115 e. The molecule has 1 unspecified atom stereocenters. The molecule has 0 aliphatic rings.